The van der Waals surface area contributed by atoms with E-state index in [1.807, 2.05) is 24.3 Å². The molecule has 1 amide bonds. The molecule has 0 saturated heterocycles. The normalized spacial score (nSPS) is 10.7. The molecule has 0 radical (unpaired) electrons. The summed E-state index contributed by atoms with van der Waals surface area (Å²) in [5, 5.41) is 0. The number of benzene rings is 1. The van der Waals surface area contributed by atoms with Gasteiger partial charge >= 0.3 is 5.97 Å². The lowest BCUT2D eigenvalue weighted by molar-refractivity contribution is -0.148. The number of methoxy groups -OCH3 is 1. The molecule has 22 heavy (non-hydrogen) atoms. The van der Waals surface area contributed by atoms with Crippen LogP contribution in [-0.4, -0.2) is 50.2 Å². The standard InChI is InChI=1S/C16H20BrNO4/c1-3-22-16(20)12-18(9-10-21-2)15(19)8-7-13-5-4-6-14(17)11-13/h4-8,11H,3,9-10,12H2,1-2H3. The van der Waals surface area contributed by atoms with Gasteiger partial charge in [0.25, 0.3) is 0 Å². The third-order valence-corrected chi connectivity index (χ3v) is 3.26. The molecule has 0 unspecified atom stereocenters. The highest BCUT2D eigenvalue weighted by atomic mass is 79.9. The Kier molecular flexibility index (Phi) is 8.47. The van der Waals surface area contributed by atoms with E-state index in [2.05, 4.69) is 15.9 Å². The van der Waals surface area contributed by atoms with Crippen molar-refractivity contribution in [2.24, 2.45) is 0 Å². The Hall–Kier alpha value is -1.66. The molecule has 0 fully saturated rings. The Morgan fingerprint density at radius 2 is 2.14 bits per heavy atom. The van der Waals surface area contributed by atoms with Gasteiger partial charge in [0.1, 0.15) is 6.54 Å². The summed E-state index contributed by atoms with van der Waals surface area (Å²) in [6, 6.07) is 7.58. The van der Waals surface area contributed by atoms with E-state index in [9.17, 15) is 9.59 Å². The second-order valence-electron chi connectivity index (χ2n) is 4.45. The molecular weight excluding hydrogens is 350 g/mol. The van der Waals surface area contributed by atoms with Crippen LogP contribution < -0.4 is 0 Å². The zero-order valence-corrected chi connectivity index (χ0v) is 14.3. The van der Waals surface area contributed by atoms with Crippen molar-refractivity contribution in [2.75, 3.05) is 33.4 Å². The Balaban J connectivity index is 2.71. The predicted octanol–water partition coefficient (Wildman–Crippen LogP) is 2.50. The highest BCUT2D eigenvalue weighted by Gasteiger charge is 2.15. The van der Waals surface area contributed by atoms with E-state index in [0.717, 1.165) is 10.0 Å². The van der Waals surface area contributed by atoms with Gasteiger partial charge in [0.15, 0.2) is 0 Å². The average Bonchev–Trinajstić information content (AvgIpc) is 2.49. The Labute approximate surface area is 139 Å². The first kappa shape index (κ1) is 18.4. The molecule has 1 rings (SSSR count). The molecule has 5 nitrogen and oxygen atoms in total. The van der Waals surface area contributed by atoms with Gasteiger partial charge in [-0.05, 0) is 30.7 Å². The van der Waals surface area contributed by atoms with Gasteiger partial charge in [-0.3, -0.25) is 9.59 Å². The van der Waals surface area contributed by atoms with Crippen LogP contribution in [0.1, 0.15) is 12.5 Å². The molecule has 0 aromatic heterocycles. The first-order valence-corrected chi connectivity index (χ1v) is 7.73. The second-order valence-corrected chi connectivity index (χ2v) is 5.36. The smallest absolute Gasteiger partial charge is 0.325 e. The molecule has 0 heterocycles. The van der Waals surface area contributed by atoms with E-state index >= 15 is 0 Å². The van der Waals surface area contributed by atoms with Gasteiger partial charge in [0.05, 0.1) is 13.2 Å². The molecule has 0 aliphatic heterocycles. The maximum absolute atomic E-state index is 12.2. The summed E-state index contributed by atoms with van der Waals surface area (Å²) in [5.74, 6) is -0.687. The Morgan fingerprint density at radius 3 is 2.77 bits per heavy atom. The highest BCUT2D eigenvalue weighted by Crippen LogP contribution is 2.12. The molecule has 1 aromatic rings. The molecule has 0 saturated carbocycles. The molecule has 1 aromatic carbocycles. The molecule has 0 bridgehead atoms. The van der Waals surface area contributed by atoms with Gasteiger partial charge in [0, 0.05) is 24.2 Å². The van der Waals surface area contributed by atoms with Gasteiger partial charge in [-0.25, -0.2) is 0 Å². The summed E-state index contributed by atoms with van der Waals surface area (Å²) < 4.78 is 10.8. The maximum Gasteiger partial charge on any atom is 0.325 e. The summed E-state index contributed by atoms with van der Waals surface area (Å²) in [4.78, 5) is 25.2. The van der Waals surface area contributed by atoms with Crippen LogP contribution in [0.5, 0.6) is 0 Å². The second kappa shape index (κ2) is 10.1. The van der Waals surface area contributed by atoms with E-state index in [0.29, 0.717) is 19.8 Å². The fourth-order valence-corrected chi connectivity index (χ4v) is 2.13. The molecule has 0 atom stereocenters. The van der Waals surface area contributed by atoms with E-state index in [-0.39, 0.29) is 12.5 Å². The SMILES string of the molecule is CCOC(=O)CN(CCOC)C(=O)C=Cc1cccc(Br)c1. The zero-order chi connectivity index (χ0) is 16.4. The van der Waals surface area contributed by atoms with Gasteiger partial charge in [-0.15, -0.1) is 0 Å². The Bertz CT molecular complexity index is 531. The van der Waals surface area contributed by atoms with E-state index in [4.69, 9.17) is 9.47 Å². The van der Waals surface area contributed by atoms with Crippen molar-refractivity contribution >= 4 is 33.9 Å². The molecule has 0 aliphatic carbocycles. The Morgan fingerprint density at radius 1 is 1.36 bits per heavy atom. The minimum Gasteiger partial charge on any atom is -0.465 e. The van der Waals surface area contributed by atoms with Crippen molar-refractivity contribution in [2.45, 2.75) is 6.92 Å². The fourth-order valence-electron chi connectivity index (χ4n) is 1.71. The van der Waals surface area contributed by atoms with Crippen LogP contribution in [-0.2, 0) is 19.1 Å². The minimum absolute atomic E-state index is 0.0845. The average molecular weight is 370 g/mol. The lowest BCUT2D eigenvalue weighted by Gasteiger charge is -2.19. The summed E-state index contributed by atoms with van der Waals surface area (Å²) in [6.07, 6.45) is 3.15. The van der Waals surface area contributed by atoms with Crippen molar-refractivity contribution in [3.05, 3.63) is 40.4 Å². The first-order chi connectivity index (χ1) is 10.6. The van der Waals surface area contributed by atoms with Gasteiger partial charge in [-0.2, -0.15) is 0 Å². The molecule has 0 spiro atoms. The number of halogens is 1. The van der Waals surface area contributed by atoms with Crippen LogP contribution in [0, 0.1) is 0 Å². The summed E-state index contributed by atoms with van der Waals surface area (Å²) in [6.45, 7) is 2.62. The number of rotatable bonds is 8. The predicted molar refractivity (Wildman–Crippen MR) is 88.3 cm³/mol. The van der Waals surface area contributed by atoms with E-state index in [1.165, 1.54) is 11.0 Å². The van der Waals surface area contributed by atoms with E-state index < -0.39 is 5.97 Å². The van der Waals surface area contributed by atoms with Crippen molar-refractivity contribution in [3.8, 4) is 0 Å². The van der Waals surface area contributed by atoms with Gasteiger partial charge in [-0.1, -0.05) is 28.1 Å². The van der Waals surface area contributed by atoms with Crippen molar-refractivity contribution in [1.29, 1.82) is 0 Å². The topological polar surface area (TPSA) is 55.8 Å². The van der Waals surface area contributed by atoms with Gasteiger partial charge in [0.2, 0.25) is 5.91 Å². The van der Waals surface area contributed by atoms with Crippen LogP contribution >= 0.6 is 15.9 Å². The minimum atomic E-state index is -0.428. The zero-order valence-electron chi connectivity index (χ0n) is 12.8. The summed E-state index contributed by atoms with van der Waals surface area (Å²) in [7, 11) is 1.55. The molecule has 6 heteroatoms. The van der Waals surface area contributed by atoms with Crippen LogP contribution in [0.15, 0.2) is 34.8 Å². The summed E-state index contributed by atoms with van der Waals surface area (Å²) >= 11 is 3.38. The number of hydrogen-bond donors (Lipinski definition) is 0. The van der Waals surface area contributed by atoms with Crippen LogP contribution in [0.4, 0.5) is 0 Å². The number of carbonyl (C=O) groups excluding carboxylic acids is 2. The highest BCUT2D eigenvalue weighted by molar-refractivity contribution is 9.10. The van der Waals surface area contributed by atoms with Crippen molar-refractivity contribution < 1.29 is 19.1 Å². The lowest BCUT2D eigenvalue weighted by Crippen LogP contribution is -2.37. The number of nitrogens with zero attached hydrogens (tertiary/aromatic N) is 1. The molecule has 120 valence electrons. The first-order valence-electron chi connectivity index (χ1n) is 6.94. The van der Waals surface area contributed by atoms with Crippen molar-refractivity contribution in [1.82, 2.24) is 4.90 Å². The van der Waals surface area contributed by atoms with E-state index in [1.54, 1.807) is 20.1 Å². The number of ether oxygens (including phenoxy) is 2. The monoisotopic (exact) mass is 369 g/mol. The number of amides is 1. The van der Waals surface area contributed by atoms with Crippen LogP contribution in [0.25, 0.3) is 6.08 Å². The quantitative estimate of drug-likeness (QED) is 0.521. The number of esters is 1. The maximum atomic E-state index is 12.2. The molecule has 0 N–H and O–H groups in total. The largest absolute Gasteiger partial charge is 0.465 e. The third kappa shape index (κ3) is 6.87. The molecular formula is C16H20BrNO4. The van der Waals surface area contributed by atoms with Crippen molar-refractivity contribution in [3.63, 3.8) is 0 Å². The summed E-state index contributed by atoms with van der Waals surface area (Å²) in [5.41, 5.74) is 0.894. The third-order valence-electron chi connectivity index (χ3n) is 2.77. The van der Waals surface area contributed by atoms with Crippen LogP contribution in [0.3, 0.4) is 0 Å². The molecule has 0 aliphatic rings. The fraction of sp³-hybridized carbons (Fsp3) is 0.375. The van der Waals surface area contributed by atoms with Crippen LogP contribution in [0.2, 0.25) is 0 Å². The lowest BCUT2D eigenvalue weighted by atomic mass is 10.2. The van der Waals surface area contributed by atoms with Gasteiger partial charge < -0.3 is 14.4 Å². The number of hydrogen-bond acceptors (Lipinski definition) is 4. The number of carbonyl (C=O) groups is 2.